The van der Waals surface area contributed by atoms with E-state index in [9.17, 15) is 0 Å². The summed E-state index contributed by atoms with van der Waals surface area (Å²) in [6, 6.07) is 29.3. The second kappa shape index (κ2) is 11.3. The molecule has 4 aromatic rings. The Hall–Kier alpha value is -1.25. The molecule has 122 valence electrons. The van der Waals surface area contributed by atoms with Crippen LogP contribution in [0.25, 0.3) is 21.5 Å². The summed E-state index contributed by atoms with van der Waals surface area (Å²) in [7, 11) is 1.11. The Morgan fingerprint density at radius 2 is 1.08 bits per heavy atom. The molecule has 0 aliphatic carbocycles. The Balaban J connectivity index is 0.000000185. The Labute approximate surface area is 167 Å². The van der Waals surface area contributed by atoms with Gasteiger partial charge in [0.15, 0.2) is 0 Å². The van der Waals surface area contributed by atoms with Crippen molar-refractivity contribution in [2.75, 3.05) is 0 Å². The average Bonchev–Trinajstić information content (AvgIpc) is 3.24. The zero-order chi connectivity index (χ0) is 16.5. The van der Waals surface area contributed by atoms with Crippen LogP contribution in [0.1, 0.15) is 13.8 Å². The Kier molecular flexibility index (Phi) is 9.81. The van der Waals surface area contributed by atoms with E-state index >= 15 is 0 Å². The molecule has 0 fully saturated rings. The Bertz CT molecular complexity index is 684. The van der Waals surface area contributed by atoms with E-state index < -0.39 is 0 Å². The van der Waals surface area contributed by atoms with E-state index in [1.807, 2.05) is 0 Å². The molecular weight excluding hydrogens is 471 g/mol. The molecule has 0 aromatic heterocycles. The van der Waals surface area contributed by atoms with Crippen molar-refractivity contribution in [3.63, 3.8) is 0 Å². The van der Waals surface area contributed by atoms with Gasteiger partial charge in [0.2, 0.25) is 0 Å². The molecule has 0 saturated heterocycles. The fourth-order valence-corrected chi connectivity index (χ4v) is 2.14. The van der Waals surface area contributed by atoms with Gasteiger partial charge in [0, 0.05) is 35.4 Å². The molecular formula is C22H24HfSi-2. The number of hydrogen-bond acceptors (Lipinski definition) is 0. The standard InChI is InChI=1S/2C9H7.C4H10Si.Hf/c2*1-2-5-9-7-3-6-8(9)4-1;1-4(2)5-3;/h2*1-7H;4H,1-3H3;/q2*-1;;. The van der Waals surface area contributed by atoms with Crippen LogP contribution in [0.15, 0.2) is 84.9 Å². The quantitative estimate of drug-likeness (QED) is 0.204. The summed E-state index contributed by atoms with van der Waals surface area (Å²) in [4.78, 5) is 0. The van der Waals surface area contributed by atoms with Crippen molar-refractivity contribution in [2.24, 2.45) is 0 Å². The summed E-state index contributed by atoms with van der Waals surface area (Å²) in [6.07, 6.45) is 0. The zero-order valence-corrected chi connectivity index (χ0v) is 19.3. The van der Waals surface area contributed by atoms with Crippen molar-refractivity contribution in [3.8, 4) is 0 Å². The van der Waals surface area contributed by atoms with Gasteiger partial charge in [-0.1, -0.05) is 38.1 Å². The maximum absolute atomic E-state index is 2.23. The van der Waals surface area contributed by atoms with E-state index in [2.05, 4.69) is 105 Å². The summed E-state index contributed by atoms with van der Waals surface area (Å²) in [5.41, 5.74) is 0.912. The predicted molar refractivity (Wildman–Crippen MR) is 106 cm³/mol. The van der Waals surface area contributed by atoms with Crippen LogP contribution in [0.3, 0.4) is 0 Å². The third-order valence-corrected chi connectivity index (χ3v) is 4.83. The first-order valence-corrected chi connectivity index (χ1v) is 9.66. The van der Waals surface area contributed by atoms with E-state index in [4.69, 9.17) is 0 Å². The third-order valence-electron chi connectivity index (χ3n) is 3.67. The van der Waals surface area contributed by atoms with Crippen molar-refractivity contribution < 1.29 is 25.8 Å². The van der Waals surface area contributed by atoms with Gasteiger partial charge in [-0.2, -0.15) is 35.0 Å². The van der Waals surface area contributed by atoms with Crippen LogP contribution in [0.4, 0.5) is 0 Å². The molecule has 0 spiro atoms. The fraction of sp³-hybridized carbons (Fsp3) is 0.182. The second-order valence-electron chi connectivity index (χ2n) is 5.75. The van der Waals surface area contributed by atoms with E-state index in [0.717, 1.165) is 15.1 Å². The van der Waals surface area contributed by atoms with Crippen LogP contribution in [0.5, 0.6) is 0 Å². The van der Waals surface area contributed by atoms with Crippen molar-refractivity contribution in [3.05, 3.63) is 84.9 Å². The topological polar surface area (TPSA) is 0 Å². The van der Waals surface area contributed by atoms with Crippen LogP contribution in [0, 0.1) is 0 Å². The average molecular weight is 495 g/mol. The fourth-order valence-electron chi connectivity index (χ4n) is 2.14. The van der Waals surface area contributed by atoms with Crippen LogP contribution < -0.4 is 0 Å². The monoisotopic (exact) mass is 496 g/mol. The first-order chi connectivity index (χ1) is 11.2. The van der Waals surface area contributed by atoms with Crippen LogP contribution in [0.2, 0.25) is 12.1 Å². The predicted octanol–water partition coefficient (Wildman–Crippen LogP) is 6.68. The maximum Gasteiger partial charge on any atom is 0.0372 e. The van der Waals surface area contributed by atoms with E-state index in [0.29, 0.717) is 0 Å². The molecule has 2 heteroatoms. The third kappa shape index (κ3) is 6.70. The van der Waals surface area contributed by atoms with Gasteiger partial charge in [-0.25, -0.2) is 0 Å². The molecule has 0 saturated carbocycles. The summed E-state index contributed by atoms with van der Waals surface area (Å²) < 4.78 is 0. The minimum atomic E-state index is 0. The normalized spacial score (nSPS) is 9.67. The minimum absolute atomic E-state index is 0. The van der Waals surface area contributed by atoms with E-state index in [1.165, 1.54) is 21.5 Å². The molecule has 0 nitrogen and oxygen atoms in total. The van der Waals surface area contributed by atoms with Gasteiger partial charge < -0.3 is 0 Å². The van der Waals surface area contributed by atoms with Crippen LogP contribution in [-0.2, 0) is 25.8 Å². The van der Waals surface area contributed by atoms with Crippen molar-refractivity contribution in [1.29, 1.82) is 0 Å². The van der Waals surface area contributed by atoms with Gasteiger partial charge in [-0.3, -0.25) is 0 Å². The van der Waals surface area contributed by atoms with Gasteiger partial charge in [0.25, 0.3) is 0 Å². The molecule has 0 heterocycles. The first kappa shape index (κ1) is 20.8. The SMILES string of the molecule is C[Si]C(C)C.[Hf].c1ccc2[cH-]ccc2c1.c1ccc2[cH-]ccc2c1. The molecule has 4 aromatic carbocycles. The summed E-state index contributed by atoms with van der Waals surface area (Å²) >= 11 is 0. The zero-order valence-electron chi connectivity index (χ0n) is 14.7. The molecule has 2 radical (unpaired) electrons. The number of hydrogen-bond donors (Lipinski definition) is 0. The molecule has 0 unspecified atom stereocenters. The molecule has 0 atom stereocenters. The van der Waals surface area contributed by atoms with Crippen molar-refractivity contribution >= 4 is 31.1 Å². The van der Waals surface area contributed by atoms with Gasteiger partial charge in [0.1, 0.15) is 0 Å². The van der Waals surface area contributed by atoms with Crippen LogP contribution in [-0.4, -0.2) is 9.52 Å². The second-order valence-corrected chi connectivity index (χ2v) is 7.48. The molecule has 0 aliphatic rings. The van der Waals surface area contributed by atoms with E-state index in [1.54, 1.807) is 0 Å². The van der Waals surface area contributed by atoms with Gasteiger partial charge >= 0.3 is 0 Å². The largest absolute Gasteiger partial charge is 0.168 e. The smallest absolute Gasteiger partial charge is 0.0372 e. The van der Waals surface area contributed by atoms with E-state index in [-0.39, 0.29) is 25.8 Å². The Morgan fingerprint density at radius 1 is 0.708 bits per heavy atom. The molecule has 0 bridgehead atoms. The van der Waals surface area contributed by atoms with Gasteiger partial charge in [-0.05, 0) is 0 Å². The molecule has 0 aliphatic heterocycles. The Morgan fingerprint density at radius 3 is 1.42 bits per heavy atom. The summed E-state index contributed by atoms with van der Waals surface area (Å²) in [5, 5.41) is 5.32. The molecule has 24 heavy (non-hydrogen) atoms. The minimum Gasteiger partial charge on any atom is -0.168 e. The molecule has 4 rings (SSSR count). The van der Waals surface area contributed by atoms with Gasteiger partial charge in [0.05, 0.1) is 0 Å². The van der Waals surface area contributed by atoms with Crippen molar-refractivity contribution in [1.82, 2.24) is 0 Å². The number of rotatable bonds is 1. The maximum atomic E-state index is 2.23. The summed E-state index contributed by atoms with van der Waals surface area (Å²) in [6.45, 7) is 6.70. The number of benzene rings is 2. The van der Waals surface area contributed by atoms with Crippen molar-refractivity contribution in [2.45, 2.75) is 25.9 Å². The number of fused-ring (bicyclic) bond motifs is 2. The van der Waals surface area contributed by atoms with Gasteiger partial charge in [-0.15, -0.1) is 59.3 Å². The first-order valence-electron chi connectivity index (χ1n) is 8.09. The molecule has 0 N–H and O–H groups in total. The summed E-state index contributed by atoms with van der Waals surface area (Å²) in [5.74, 6) is 0. The molecule has 0 amide bonds. The van der Waals surface area contributed by atoms with Crippen LogP contribution >= 0.6 is 0 Å².